The monoisotopic (exact) mass is 444 g/mol. The lowest BCUT2D eigenvalue weighted by Gasteiger charge is -2.12. The number of pyridine rings is 1. The molecule has 5 aromatic rings. The average molecular weight is 445 g/mol. The van der Waals surface area contributed by atoms with Crippen molar-refractivity contribution in [2.75, 3.05) is 0 Å². The Hall–Kier alpha value is -3.62. The lowest BCUT2D eigenvalue weighted by atomic mass is 10.0. The molecule has 0 saturated carbocycles. The zero-order chi connectivity index (χ0) is 22.5. The van der Waals surface area contributed by atoms with Crippen molar-refractivity contribution in [3.05, 3.63) is 139 Å². The van der Waals surface area contributed by atoms with Crippen LogP contribution in [0.15, 0.2) is 132 Å². The van der Waals surface area contributed by atoms with Crippen molar-refractivity contribution in [3.63, 3.8) is 0 Å². The summed E-state index contributed by atoms with van der Waals surface area (Å²) in [6.45, 7) is 2.14. The van der Waals surface area contributed by atoms with Gasteiger partial charge >= 0.3 is 0 Å². The molecule has 0 bridgehead atoms. The SMILES string of the molecule is Cc1ccc(-[n+]2c(SCc3ccccc3)cc(-c3ccccc3)cc2-c2ccccc2)cc1. The van der Waals surface area contributed by atoms with Crippen LogP contribution < -0.4 is 4.57 Å². The van der Waals surface area contributed by atoms with E-state index in [9.17, 15) is 0 Å². The Bertz CT molecular complexity index is 1330. The van der Waals surface area contributed by atoms with Crippen LogP contribution in [0.1, 0.15) is 11.1 Å². The van der Waals surface area contributed by atoms with Crippen LogP contribution in [0.25, 0.3) is 28.1 Å². The molecule has 1 nitrogen and oxygen atoms in total. The van der Waals surface area contributed by atoms with E-state index < -0.39 is 0 Å². The molecule has 0 N–H and O–H groups in total. The lowest BCUT2D eigenvalue weighted by molar-refractivity contribution is -0.624. The van der Waals surface area contributed by atoms with Gasteiger partial charge in [-0.3, -0.25) is 0 Å². The first-order valence-electron chi connectivity index (χ1n) is 11.2. The van der Waals surface area contributed by atoms with Crippen LogP contribution in [0.2, 0.25) is 0 Å². The molecule has 0 unspecified atom stereocenters. The minimum atomic E-state index is 0.916. The normalized spacial score (nSPS) is 10.8. The summed E-state index contributed by atoms with van der Waals surface area (Å²) in [5.41, 5.74) is 8.62. The zero-order valence-corrected chi connectivity index (χ0v) is 19.5. The molecule has 0 amide bonds. The number of benzene rings is 4. The number of rotatable bonds is 6. The summed E-state index contributed by atoms with van der Waals surface area (Å²) in [5.74, 6) is 0.916. The molecule has 0 aliphatic carbocycles. The third-order valence-electron chi connectivity index (χ3n) is 5.73. The van der Waals surface area contributed by atoms with Crippen molar-refractivity contribution >= 4 is 11.8 Å². The molecule has 0 fully saturated rings. The summed E-state index contributed by atoms with van der Waals surface area (Å²) in [7, 11) is 0. The largest absolute Gasteiger partial charge is 0.247 e. The molecule has 0 aliphatic rings. The van der Waals surface area contributed by atoms with Crippen LogP contribution in [-0.4, -0.2) is 0 Å². The Balaban J connectivity index is 1.72. The topological polar surface area (TPSA) is 3.88 Å². The molecular formula is C31H26NS+. The van der Waals surface area contributed by atoms with Gasteiger partial charge in [-0.25, -0.2) is 0 Å². The second-order valence-corrected chi connectivity index (χ2v) is 9.14. The van der Waals surface area contributed by atoms with E-state index in [0.29, 0.717) is 0 Å². The van der Waals surface area contributed by atoms with E-state index in [1.165, 1.54) is 44.2 Å². The summed E-state index contributed by atoms with van der Waals surface area (Å²) in [5, 5.41) is 1.22. The smallest absolute Gasteiger partial charge is 0.147 e. The predicted octanol–water partition coefficient (Wildman–Crippen LogP) is 7.90. The second kappa shape index (κ2) is 9.89. The van der Waals surface area contributed by atoms with E-state index in [-0.39, 0.29) is 0 Å². The molecule has 5 rings (SSSR count). The maximum atomic E-state index is 2.40. The number of hydrogen-bond acceptors (Lipinski definition) is 1. The molecule has 0 aliphatic heterocycles. The summed E-state index contributed by atoms with van der Waals surface area (Å²) >= 11 is 1.88. The molecule has 33 heavy (non-hydrogen) atoms. The Morgan fingerprint density at radius 1 is 0.576 bits per heavy atom. The fraction of sp³-hybridized carbons (Fsp3) is 0.0645. The van der Waals surface area contributed by atoms with E-state index in [1.807, 2.05) is 11.8 Å². The van der Waals surface area contributed by atoms with Crippen LogP contribution in [0.3, 0.4) is 0 Å². The highest BCUT2D eigenvalue weighted by Crippen LogP contribution is 2.31. The molecule has 1 aromatic heterocycles. The number of aryl methyl sites for hydroxylation is 1. The maximum absolute atomic E-state index is 2.40. The van der Waals surface area contributed by atoms with Crippen LogP contribution in [0.4, 0.5) is 0 Å². The van der Waals surface area contributed by atoms with Crippen LogP contribution in [0, 0.1) is 6.92 Å². The summed E-state index contributed by atoms with van der Waals surface area (Å²) in [6.07, 6.45) is 0. The molecule has 0 atom stereocenters. The van der Waals surface area contributed by atoms with Gasteiger partial charge in [-0.05, 0) is 35.7 Å². The first-order chi connectivity index (χ1) is 16.3. The third kappa shape index (κ3) is 4.92. The van der Waals surface area contributed by atoms with Crippen molar-refractivity contribution in [2.24, 2.45) is 0 Å². The molecule has 1 heterocycles. The van der Waals surface area contributed by atoms with Gasteiger partial charge in [0.05, 0.1) is 0 Å². The number of aromatic nitrogens is 1. The molecular weight excluding hydrogens is 418 g/mol. The van der Waals surface area contributed by atoms with Crippen LogP contribution in [0.5, 0.6) is 0 Å². The Kier molecular flexibility index (Phi) is 6.37. The van der Waals surface area contributed by atoms with Gasteiger partial charge in [0.15, 0.2) is 0 Å². The highest BCUT2D eigenvalue weighted by Gasteiger charge is 2.24. The average Bonchev–Trinajstić information content (AvgIpc) is 2.89. The highest BCUT2D eigenvalue weighted by atomic mass is 32.2. The molecule has 160 valence electrons. The molecule has 4 aromatic carbocycles. The first kappa shape index (κ1) is 21.2. The van der Waals surface area contributed by atoms with Gasteiger partial charge in [0.25, 0.3) is 0 Å². The zero-order valence-electron chi connectivity index (χ0n) is 18.7. The lowest BCUT2D eigenvalue weighted by Crippen LogP contribution is -2.36. The van der Waals surface area contributed by atoms with E-state index >= 15 is 0 Å². The van der Waals surface area contributed by atoms with Crippen LogP contribution in [-0.2, 0) is 5.75 Å². The minimum Gasteiger partial charge on any atom is -0.147 e. The standard InChI is InChI=1S/C31H26NS/c1-24-17-19-29(20-18-24)32-30(27-15-9-4-10-16-27)21-28(26-13-7-3-8-14-26)22-31(32)33-23-25-11-5-2-6-12-25/h2-22H,23H2,1H3/q+1. The maximum Gasteiger partial charge on any atom is 0.247 e. The fourth-order valence-corrected chi connectivity index (χ4v) is 5.04. The van der Waals surface area contributed by atoms with Crippen molar-refractivity contribution in [3.8, 4) is 28.1 Å². The quantitative estimate of drug-likeness (QED) is 0.190. The molecule has 2 heteroatoms. The Morgan fingerprint density at radius 2 is 1.15 bits per heavy atom. The summed E-state index contributed by atoms with van der Waals surface area (Å²) < 4.78 is 2.40. The van der Waals surface area contributed by atoms with E-state index in [0.717, 1.165) is 5.75 Å². The summed E-state index contributed by atoms with van der Waals surface area (Å²) in [6, 6.07) is 45.5. The third-order valence-corrected chi connectivity index (χ3v) is 6.80. The van der Waals surface area contributed by atoms with Gasteiger partial charge in [0.2, 0.25) is 16.4 Å². The van der Waals surface area contributed by atoms with Gasteiger partial charge in [0, 0.05) is 35.6 Å². The highest BCUT2D eigenvalue weighted by molar-refractivity contribution is 7.98. The van der Waals surface area contributed by atoms with Crippen molar-refractivity contribution in [1.29, 1.82) is 0 Å². The van der Waals surface area contributed by atoms with Gasteiger partial charge < -0.3 is 0 Å². The van der Waals surface area contributed by atoms with E-state index in [4.69, 9.17) is 0 Å². The van der Waals surface area contributed by atoms with Crippen molar-refractivity contribution in [2.45, 2.75) is 17.7 Å². The Morgan fingerprint density at radius 3 is 1.79 bits per heavy atom. The number of nitrogens with zero attached hydrogens (tertiary/aromatic N) is 1. The molecule has 0 saturated heterocycles. The van der Waals surface area contributed by atoms with Crippen molar-refractivity contribution in [1.82, 2.24) is 0 Å². The number of hydrogen-bond donors (Lipinski definition) is 0. The van der Waals surface area contributed by atoms with Gasteiger partial charge in [0.1, 0.15) is 0 Å². The molecule has 0 radical (unpaired) electrons. The second-order valence-electron chi connectivity index (χ2n) is 8.14. The first-order valence-corrected chi connectivity index (χ1v) is 12.2. The van der Waals surface area contributed by atoms with Crippen LogP contribution >= 0.6 is 11.8 Å². The van der Waals surface area contributed by atoms with E-state index in [2.05, 4.69) is 139 Å². The Labute approximate surface area is 200 Å². The van der Waals surface area contributed by atoms with Gasteiger partial charge in [-0.2, -0.15) is 0 Å². The minimum absolute atomic E-state index is 0.916. The summed E-state index contributed by atoms with van der Waals surface area (Å²) in [4.78, 5) is 0. The van der Waals surface area contributed by atoms with Gasteiger partial charge in [-0.1, -0.05) is 108 Å². The van der Waals surface area contributed by atoms with Crippen molar-refractivity contribution < 1.29 is 4.57 Å². The van der Waals surface area contributed by atoms with E-state index in [1.54, 1.807) is 0 Å². The number of thioether (sulfide) groups is 1. The molecule has 0 spiro atoms. The van der Waals surface area contributed by atoms with Gasteiger partial charge in [-0.15, -0.1) is 4.57 Å². The predicted molar refractivity (Wildman–Crippen MR) is 140 cm³/mol. The fourth-order valence-electron chi connectivity index (χ4n) is 3.99.